The van der Waals surface area contributed by atoms with Crippen LogP contribution in [0.4, 0.5) is 5.69 Å². The third-order valence-electron chi connectivity index (χ3n) is 7.18. The van der Waals surface area contributed by atoms with E-state index in [0.717, 1.165) is 36.6 Å². The smallest absolute Gasteiger partial charge is 0.308 e. The van der Waals surface area contributed by atoms with Crippen LogP contribution < -0.4 is 10.2 Å². The molecule has 0 saturated heterocycles. The average molecular weight is 522 g/mol. The zero-order valence-corrected chi connectivity index (χ0v) is 21.9. The highest BCUT2D eigenvalue weighted by atomic mass is 35.5. The lowest BCUT2D eigenvalue weighted by molar-refractivity contribution is -0.150. The maximum absolute atomic E-state index is 14.2. The highest BCUT2D eigenvalue weighted by molar-refractivity contribution is 6.30. The first-order chi connectivity index (χ1) is 17.8. The van der Waals surface area contributed by atoms with Gasteiger partial charge in [-0.05, 0) is 68.5 Å². The summed E-state index contributed by atoms with van der Waals surface area (Å²) in [4.78, 5) is 42.5. The molecular weight excluding hydrogens is 490 g/mol. The Morgan fingerprint density at radius 2 is 1.76 bits per heavy atom. The molecule has 1 saturated carbocycles. The first-order valence-corrected chi connectivity index (χ1v) is 13.4. The van der Waals surface area contributed by atoms with Gasteiger partial charge in [-0.1, -0.05) is 49.1 Å². The molecule has 0 spiro atoms. The Hall–Kier alpha value is -3.32. The maximum Gasteiger partial charge on any atom is 0.308 e. The second-order valence-corrected chi connectivity index (χ2v) is 10.6. The maximum atomic E-state index is 14.2. The van der Waals surface area contributed by atoms with Crippen molar-refractivity contribution in [2.45, 2.75) is 76.6 Å². The zero-order valence-electron chi connectivity index (χ0n) is 21.2. The van der Waals surface area contributed by atoms with E-state index in [1.165, 1.54) is 11.3 Å². The fraction of sp³-hybridized carbons (Fsp3) is 0.414. The number of aromatic nitrogens is 1. The minimum Gasteiger partial charge on any atom is -0.463 e. The van der Waals surface area contributed by atoms with E-state index in [2.05, 4.69) is 5.32 Å². The van der Waals surface area contributed by atoms with Gasteiger partial charge in [0.25, 0.3) is 5.91 Å². The Morgan fingerprint density at radius 1 is 1.05 bits per heavy atom. The summed E-state index contributed by atoms with van der Waals surface area (Å²) in [5.74, 6) is -1.01. The van der Waals surface area contributed by atoms with Crippen molar-refractivity contribution in [1.29, 1.82) is 0 Å². The van der Waals surface area contributed by atoms with Crippen molar-refractivity contribution in [1.82, 2.24) is 9.88 Å². The first-order valence-electron chi connectivity index (χ1n) is 13.0. The van der Waals surface area contributed by atoms with E-state index in [0.29, 0.717) is 16.4 Å². The number of nitrogens with one attached hydrogen (secondary N) is 1. The van der Waals surface area contributed by atoms with Crippen LogP contribution in [0, 0.1) is 0 Å². The molecule has 0 bridgehead atoms. The van der Waals surface area contributed by atoms with Gasteiger partial charge in [-0.3, -0.25) is 19.3 Å². The molecule has 1 N–H and O–H groups in total. The van der Waals surface area contributed by atoms with Gasteiger partial charge in [0.15, 0.2) is 6.04 Å². The van der Waals surface area contributed by atoms with Crippen LogP contribution in [0.3, 0.4) is 0 Å². The molecular formula is C29H32ClN3O4. The van der Waals surface area contributed by atoms with Gasteiger partial charge in [-0.25, -0.2) is 0 Å². The minimum atomic E-state index is -0.889. The van der Waals surface area contributed by atoms with Crippen molar-refractivity contribution in [2.75, 3.05) is 4.90 Å². The number of esters is 1. The van der Waals surface area contributed by atoms with Crippen molar-refractivity contribution in [3.63, 3.8) is 0 Å². The Labute approximate surface area is 221 Å². The quantitative estimate of drug-likeness (QED) is 0.421. The summed E-state index contributed by atoms with van der Waals surface area (Å²) in [6, 6.07) is 14.9. The third-order valence-corrected chi connectivity index (χ3v) is 7.43. The van der Waals surface area contributed by atoms with Crippen LogP contribution in [0.2, 0.25) is 5.02 Å². The molecule has 2 unspecified atom stereocenters. The summed E-state index contributed by atoms with van der Waals surface area (Å²) in [6.45, 7) is 3.56. The van der Waals surface area contributed by atoms with Crippen LogP contribution in [0.1, 0.15) is 70.2 Å². The second-order valence-electron chi connectivity index (χ2n) is 10.2. The Kier molecular flexibility index (Phi) is 7.24. The molecule has 2 aliphatic rings. The minimum absolute atomic E-state index is 0.0833. The number of fused-ring (bicyclic) bond motifs is 3. The van der Waals surface area contributed by atoms with Crippen molar-refractivity contribution in [2.24, 2.45) is 0 Å². The Morgan fingerprint density at radius 3 is 2.46 bits per heavy atom. The Bertz CT molecular complexity index is 1310. The van der Waals surface area contributed by atoms with Crippen molar-refractivity contribution in [3.8, 4) is 0 Å². The summed E-state index contributed by atoms with van der Waals surface area (Å²) >= 11 is 6.15. The van der Waals surface area contributed by atoms with Crippen LogP contribution in [0.15, 0.2) is 54.6 Å². The van der Waals surface area contributed by atoms with E-state index in [-0.39, 0.29) is 30.4 Å². The van der Waals surface area contributed by atoms with Gasteiger partial charge < -0.3 is 14.6 Å². The molecule has 7 nitrogen and oxygen atoms in total. The number of nitrogens with zero attached hydrogens (tertiary/aromatic N) is 2. The van der Waals surface area contributed by atoms with Crippen LogP contribution in [-0.4, -0.2) is 34.5 Å². The SMILES string of the molecule is CC(C)OC(=O)CC1C(=O)N(c2ccc(Cl)cc2)C(C(=O)NC2CCCCC2)c2cc3ccccc3n21. The second kappa shape index (κ2) is 10.6. The standard InChI is InChI=1S/C29H32ClN3O4/c1-18(2)37-26(34)17-25-29(36)32(22-14-12-20(30)13-15-22)27(28(35)31-21-9-4-3-5-10-21)24-16-19-8-6-7-11-23(19)33(24)25/h6-8,11-16,18,21,25,27H,3-5,9-10,17H2,1-2H3,(H,31,35). The van der Waals surface area contributed by atoms with Gasteiger partial charge in [0.2, 0.25) is 5.91 Å². The summed E-state index contributed by atoms with van der Waals surface area (Å²) in [6.07, 6.45) is 4.76. The monoisotopic (exact) mass is 521 g/mol. The molecule has 37 heavy (non-hydrogen) atoms. The van der Waals surface area contributed by atoms with E-state index in [4.69, 9.17) is 16.3 Å². The molecule has 1 aliphatic heterocycles. The molecule has 1 aromatic heterocycles. The van der Waals surface area contributed by atoms with Crippen LogP contribution in [0.25, 0.3) is 10.9 Å². The van der Waals surface area contributed by atoms with Gasteiger partial charge >= 0.3 is 5.97 Å². The predicted molar refractivity (Wildman–Crippen MR) is 144 cm³/mol. The molecule has 2 amide bonds. The Balaban J connectivity index is 1.64. The number of amides is 2. The van der Waals surface area contributed by atoms with Crippen LogP contribution in [0.5, 0.6) is 0 Å². The average Bonchev–Trinajstić information content (AvgIpc) is 3.25. The lowest BCUT2D eigenvalue weighted by Crippen LogP contribution is -2.53. The molecule has 2 aromatic carbocycles. The molecule has 1 aliphatic carbocycles. The predicted octanol–water partition coefficient (Wildman–Crippen LogP) is 5.71. The number of benzene rings is 2. The third kappa shape index (κ3) is 5.10. The van der Waals surface area contributed by atoms with Gasteiger partial charge in [0.1, 0.15) is 6.04 Å². The molecule has 5 rings (SSSR count). The first kappa shape index (κ1) is 25.3. The summed E-state index contributed by atoms with van der Waals surface area (Å²) in [5.41, 5.74) is 2.03. The van der Waals surface area contributed by atoms with E-state index in [1.807, 2.05) is 34.9 Å². The number of anilines is 1. The molecule has 2 heterocycles. The number of para-hydroxylation sites is 1. The van der Waals surface area contributed by atoms with Gasteiger partial charge in [0.05, 0.1) is 18.2 Å². The molecule has 194 valence electrons. The van der Waals surface area contributed by atoms with Crippen molar-refractivity contribution >= 4 is 46.0 Å². The van der Waals surface area contributed by atoms with E-state index in [1.54, 1.807) is 38.1 Å². The molecule has 3 aromatic rings. The molecule has 1 fully saturated rings. The molecule has 8 heteroatoms. The lowest BCUT2D eigenvalue weighted by Gasteiger charge is -2.40. The van der Waals surface area contributed by atoms with Crippen LogP contribution >= 0.6 is 11.6 Å². The zero-order chi connectivity index (χ0) is 26.1. The van der Waals surface area contributed by atoms with Crippen LogP contribution in [-0.2, 0) is 19.1 Å². The van der Waals surface area contributed by atoms with E-state index in [9.17, 15) is 14.4 Å². The van der Waals surface area contributed by atoms with E-state index < -0.39 is 18.1 Å². The van der Waals surface area contributed by atoms with Gasteiger partial charge in [-0.2, -0.15) is 0 Å². The summed E-state index contributed by atoms with van der Waals surface area (Å²) in [5, 5.41) is 4.66. The molecule has 2 atom stereocenters. The van der Waals surface area contributed by atoms with Gasteiger partial charge in [0, 0.05) is 22.3 Å². The number of carbonyl (C=O) groups excluding carboxylic acids is 3. The summed E-state index contributed by atoms with van der Waals surface area (Å²) in [7, 11) is 0. The number of hydrogen-bond donors (Lipinski definition) is 1. The largest absolute Gasteiger partial charge is 0.463 e. The summed E-state index contributed by atoms with van der Waals surface area (Å²) < 4.78 is 7.27. The number of hydrogen-bond acceptors (Lipinski definition) is 4. The highest BCUT2D eigenvalue weighted by Gasteiger charge is 2.45. The van der Waals surface area contributed by atoms with E-state index >= 15 is 0 Å². The number of ether oxygens (including phenoxy) is 1. The number of halogens is 1. The van der Waals surface area contributed by atoms with Crippen molar-refractivity contribution in [3.05, 3.63) is 65.3 Å². The van der Waals surface area contributed by atoms with Crippen molar-refractivity contribution < 1.29 is 19.1 Å². The highest BCUT2D eigenvalue weighted by Crippen LogP contribution is 2.41. The fourth-order valence-electron chi connectivity index (χ4n) is 5.59. The topological polar surface area (TPSA) is 80.6 Å². The lowest BCUT2D eigenvalue weighted by atomic mass is 9.94. The molecule has 0 radical (unpaired) electrons. The number of carbonyl (C=O) groups is 3. The van der Waals surface area contributed by atoms with Gasteiger partial charge in [-0.15, -0.1) is 0 Å². The normalized spacial score (nSPS) is 20.2. The number of rotatable bonds is 6. The fourth-order valence-corrected chi connectivity index (χ4v) is 5.72.